The molecule has 0 aliphatic heterocycles. The van der Waals surface area contributed by atoms with E-state index in [0.717, 1.165) is 20.5 Å². The second-order valence-electron chi connectivity index (χ2n) is 5.04. The molecule has 0 saturated carbocycles. The lowest BCUT2D eigenvalue weighted by Crippen LogP contribution is -1.97. The minimum Gasteiger partial charge on any atom is -0.288 e. The highest BCUT2D eigenvalue weighted by Crippen LogP contribution is 2.31. The maximum absolute atomic E-state index is 12.5. The Kier molecular flexibility index (Phi) is 2.83. The molecule has 0 N–H and O–H groups in total. The highest BCUT2D eigenvalue weighted by atomic mass is 32.1. The van der Waals surface area contributed by atoms with E-state index in [0.29, 0.717) is 0 Å². The maximum atomic E-state index is 12.5. The lowest BCUT2D eigenvalue weighted by atomic mass is 10.1. The highest BCUT2D eigenvalue weighted by Gasteiger charge is 2.12. The highest BCUT2D eigenvalue weighted by molar-refractivity contribution is 7.21. The van der Waals surface area contributed by atoms with E-state index in [4.69, 9.17) is 0 Å². The van der Waals surface area contributed by atoms with Gasteiger partial charge >= 0.3 is 0 Å². The van der Waals surface area contributed by atoms with Gasteiger partial charge in [0.1, 0.15) is 0 Å². The number of carbonyl (C=O) groups excluding carboxylic acids is 1. The number of fused-ring (bicyclic) bond motifs is 2. The summed E-state index contributed by atoms with van der Waals surface area (Å²) in [5.74, 6) is 0.0980. The Labute approximate surface area is 126 Å². The van der Waals surface area contributed by atoms with Gasteiger partial charge in [0.25, 0.3) is 0 Å². The number of hydrogen-bond donors (Lipinski definition) is 0. The monoisotopic (exact) mass is 288 g/mol. The minimum absolute atomic E-state index is 0.0980. The van der Waals surface area contributed by atoms with Crippen LogP contribution >= 0.6 is 11.3 Å². The summed E-state index contributed by atoms with van der Waals surface area (Å²) in [6.45, 7) is 0. The molecule has 2 heteroatoms. The van der Waals surface area contributed by atoms with Gasteiger partial charge in [-0.25, -0.2) is 0 Å². The number of hydrogen-bond acceptors (Lipinski definition) is 2. The Morgan fingerprint density at radius 3 is 2.14 bits per heavy atom. The van der Waals surface area contributed by atoms with Crippen LogP contribution in [0.25, 0.3) is 20.9 Å². The van der Waals surface area contributed by atoms with Crippen molar-refractivity contribution in [1.29, 1.82) is 0 Å². The van der Waals surface area contributed by atoms with Crippen molar-refractivity contribution in [2.24, 2.45) is 0 Å². The van der Waals surface area contributed by atoms with E-state index in [2.05, 4.69) is 24.3 Å². The Morgan fingerprint density at radius 2 is 1.38 bits per heavy atom. The molecular weight excluding hydrogens is 276 g/mol. The van der Waals surface area contributed by atoms with Gasteiger partial charge in [-0.05, 0) is 34.4 Å². The number of ketones is 1. The topological polar surface area (TPSA) is 17.1 Å². The van der Waals surface area contributed by atoms with Gasteiger partial charge < -0.3 is 0 Å². The SMILES string of the molecule is O=C(c1ccccc1)c1cc2cc3ccccc3cc2s1. The van der Waals surface area contributed by atoms with Crippen molar-refractivity contribution in [2.75, 3.05) is 0 Å². The van der Waals surface area contributed by atoms with Crippen LogP contribution in [0.15, 0.2) is 72.8 Å². The summed E-state index contributed by atoms with van der Waals surface area (Å²) in [6, 6.07) is 24.1. The van der Waals surface area contributed by atoms with E-state index in [1.54, 1.807) is 11.3 Å². The average molecular weight is 288 g/mol. The van der Waals surface area contributed by atoms with Gasteiger partial charge in [-0.2, -0.15) is 0 Å². The molecule has 100 valence electrons. The second kappa shape index (κ2) is 4.83. The van der Waals surface area contributed by atoms with Gasteiger partial charge in [0.15, 0.2) is 0 Å². The summed E-state index contributed by atoms with van der Waals surface area (Å²) >= 11 is 1.57. The fourth-order valence-electron chi connectivity index (χ4n) is 2.57. The first-order valence-electron chi connectivity index (χ1n) is 6.83. The minimum atomic E-state index is 0.0980. The largest absolute Gasteiger partial charge is 0.288 e. The number of carbonyl (C=O) groups is 1. The Morgan fingerprint density at radius 1 is 0.714 bits per heavy atom. The number of rotatable bonds is 2. The molecule has 0 aliphatic carbocycles. The lowest BCUT2D eigenvalue weighted by Gasteiger charge is -1.96. The van der Waals surface area contributed by atoms with Crippen LogP contribution in [0.5, 0.6) is 0 Å². The quantitative estimate of drug-likeness (QED) is 0.458. The van der Waals surface area contributed by atoms with Crippen molar-refractivity contribution in [1.82, 2.24) is 0 Å². The molecule has 0 bridgehead atoms. The molecule has 0 saturated heterocycles. The van der Waals surface area contributed by atoms with Crippen LogP contribution in [0.2, 0.25) is 0 Å². The van der Waals surface area contributed by atoms with Crippen molar-refractivity contribution < 1.29 is 4.79 Å². The predicted octanol–water partition coefficient (Wildman–Crippen LogP) is 5.29. The third kappa shape index (κ3) is 2.14. The lowest BCUT2D eigenvalue weighted by molar-refractivity contribution is 0.104. The molecule has 0 amide bonds. The summed E-state index contributed by atoms with van der Waals surface area (Å²) in [5.41, 5.74) is 0.744. The Hall–Kier alpha value is -2.45. The van der Waals surface area contributed by atoms with Crippen LogP contribution in [-0.2, 0) is 0 Å². The molecule has 0 radical (unpaired) electrons. The third-order valence-corrected chi connectivity index (χ3v) is 4.74. The Balaban J connectivity index is 1.87. The zero-order chi connectivity index (χ0) is 14.2. The van der Waals surface area contributed by atoms with Gasteiger partial charge in [-0.3, -0.25) is 4.79 Å². The van der Waals surface area contributed by atoms with Gasteiger partial charge in [0, 0.05) is 10.3 Å². The van der Waals surface area contributed by atoms with Gasteiger partial charge in [0.2, 0.25) is 5.78 Å². The van der Waals surface area contributed by atoms with E-state index in [9.17, 15) is 4.79 Å². The number of thiophene rings is 1. The first kappa shape index (κ1) is 12.3. The summed E-state index contributed by atoms with van der Waals surface area (Å²) in [5, 5.41) is 3.56. The molecule has 0 fully saturated rings. The van der Waals surface area contributed by atoms with Gasteiger partial charge in [0.05, 0.1) is 4.88 Å². The fraction of sp³-hybridized carbons (Fsp3) is 0. The van der Waals surface area contributed by atoms with Crippen molar-refractivity contribution in [3.8, 4) is 0 Å². The van der Waals surface area contributed by atoms with E-state index in [1.807, 2.05) is 48.5 Å². The number of benzene rings is 3. The van der Waals surface area contributed by atoms with Crippen LogP contribution in [-0.4, -0.2) is 5.78 Å². The fourth-order valence-corrected chi connectivity index (χ4v) is 3.63. The summed E-state index contributed by atoms with van der Waals surface area (Å²) in [4.78, 5) is 13.3. The summed E-state index contributed by atoms with van der Waals surface area (Å²) in [6.07, 6.45) is 0. The standard InChI is InChI=1S/C19H12OS/c20-19(13-6-2-1-3-7-13)18-12-16-10-14-8-4-5-9-15(14)11-17(16)21-18/h1-12H. The van der Waals surface area contributed by atoms with Crippen molar-refractivity contribution in [3.05, 3.63) is 83.2 Å². The van der Waals surface area contributed by atoms with Gasteiger partial charge in [-0.15, -0.1) is 11.3 Å². The van der Waals surface area contributed by atoms with Crippen molar-refractivity contribution in [2.45, 2.75) is 0 Å². The van der Waals surface area contributed by atoms with Gasteiger partial charge in [-0.1, -0.05) is 54.6 Å². The van der Waals surface area contributed by atoms with E-state index in [-0.39, 0.29) is 5.78 Å². The van der Waals surface area contributed by atoms with Crippen LogP contribution in [0.1, 0.15) is 15.2 Å². The normalized spacial score (nSPS) is 11.0. The zero-order valence-electron chi connectivity index (χ0n) is 11.2. The molecule has 1 aromatic heterocycles. The molecule has 4 aromatic rings. The molecule has 1 nitrogen and oxygen atoms in total. The molecule has 3 aromatic carbocycles. The molecule has 1 heterocycles. The Bertz CT molecular complexity index is 899. The van der Waals surface area contributed by atoms with Crippen molar-refractivity contribution in [3.63, 3.8) is 0 Å². The average Bonchev–Trinajstić information content (AvgIpc) is 2.95. The smallest absolute Gasteiger partial charge is 0.202 e. The molecule has 4 rings (SSSR count). The van der Waals surface area contributed by atoms with E-state index >= 15 is 0 Å². The molecule has 0 unspecified atom stereocenters. The first-order valence-corrected chi connectivity index (χ1v) is 7.65. The van der Waals surface area contributed by atoms with E-state index < -0.39 is 0 Å². The molecule has 0 spiro atoms. The molecule has 21 heavy (non-hydrogen) atoms. The second-order valence-corrected chi connectivity index (χ2v) is 6.13. The molecule has 0 aliphatic rings. The first-order chi connectivity index (χ1) is 10.3. The van der Waals surface area contributed by atoms with Crippen LogP contribution in [0.3, 0.4) is 0 Å². The van der Waals surface area contributed by atoms with Crippen LogP contribution in [0, 0.1) is 0 Å². The van der Waals surface area contributed by atoms with Crippen LogP contribution < -0.4 is 0 Å². The summed E-state index contributed by atoms with van der Waals surface area (Å²) < 4.78 is 1.16. The van der Waals surface area contributed by atoms with Crippen molar-refractivity contribution >= 4 is 38.0 Å². The third-order valence-electron chi connectivity index (χ3n) is 3.64. The van der Waals surface area contributed by atoms with E-state index in [1.165, 1.54) is 10.8 Å². The van der Waals surface area contributed by atoms with Crippen LogP contribution in [0.4, 0.5) is 0 Å². The molecular formula is C19H12OS. The summed E-state index contributed by atoms with van der Waals surface area (Å²) in [7, 11) is 0. The zero-order valence-corrected chi connectivity index (χ0v) is 12.1. The maximum Gasteiger partial charge on any atom is 0.202 e. The molecule has 0 atom stereocenters. The predicted molar refractivity (Wildman–Crippen MR) is 89.2 cm³/mol.